The number of nitrogens with zero attached hydrogens (tertiary/aromatic N) is 2. The van der Waals surface area contributed by atoms with Crippen LogP contribution < -0.4 is 4.74 Å². The fourth-order valence-corrected chi connectivity index (χ4v) is 7.16. The fourth-order valence-electron chi connectivity index (χ4n) is 3.40. The van der Waals surface area contributed by atoms with Crippen LogP contribution in [0.1, 0.15) is 17.7 Å². The third-order valence-corrected chi connectivity index (χ3v) is 8.96. The zero-order valence-electron chi connectivity index (χ0n) is 16.4. The molecule has 1 fully saturated rings. The maximum atomic E-state index is 13.3. The summed E-state index contributed by atoms with van der Waals surface area (Å²) >= 11 is 2.81. The molecule has 0 bridgehead atoms. The van der Waals surface area contributed by atoms with Gasteiger partial charge in [0.05, 0.1) is 15.1 Å². The molecule has 0 N–H and O–H groups in total. The predicted molar refractivity (Wildman–Crippen MR) is 118 cm³/mol. The maximum absolute atomic E-state index is 13.3. The molecule has 1 unspecified atom stereocenters. The Bertz CT molecular complexity index is 1200. The molecule has 1 atom stereocenters. The Kier molecular flexibility index (Phi) is 6.62. The molecular weight excluding hydrogens is 455 g/mol. The Labute approximate surface area is 189 Å². The van der Waals surface area contributed by atoms with Crippen LogP contribution in [0.25, 0.3) is 0 Å². The quantitative estimate of drug-likeness (QED) is 0.474. The molecule has 0 saturated carbocycles. The summed E-state index contributed by atoms with van der Waals surface area (Å²) in [6.07, 6.45) is 1.47. The first-order valence-corrected chi connectivity index (χ1v) is 12.7. The molecule has 1 aliphatic heterocycles. The van der Waals surface area contributed by atoms with E-state index in [1.165, 1.54) is 51.7 Å². The van der Waals surface area contributed by atoms with Crippen LogP contribution in [-0.2, 0) is 10.0 Å². The van der Waals surface area contributed by atoms with Crippen molar-refractivity contribution in [2.24, 2.45) is 0 Å². The van der Waals surface area contributed by atoms with Crippen molar-refractivity contribution in [1.29, 1.82) is 5.26 Å². The zero-order valence-corrected chi connectivity index (χ0v) is 18.9. The molecule has 31 heavy (non-hydrogen) atoms. The lowest BCUT2D eigenvalue weighted by molar-refractivity contribution is 0.232. The van der Waals surface area contributed by atoms with Crippen molar-refractivity contribution in [1.82, 2.24) is 4.31 Å². The molecule has 0 amide bonds. The van der Waals surface area contributed by atoms with E-state index < -0.39 is 10.0 Å². The van der Waals surface area contributed by atoms with E-state index in [1.807, 2.05) is 12.1 Å². The number of thiophene rings is 1. The van der Waals surface area contributed by atoms with E-state index in [-0.39, 0.29) is 23.4 Å². The van der Waals surface area contributed by atoms with Gasteiger partial charge in [0.25, 0.3) is 0 Å². The number of hydrogen-bond donors (Lipinski definition) is 0. The van der Waals surface area contributed by atoms with Gasteiger partial charge in [0.1, 0.15) is 29.1 Å². The molecule has 0 spiro atoms. The highest BCUT2D eigenvalue weighted by atomic mass is 32.2. The first-order valence-electron chi connectivity index (χ1n) is 9.64. The Hall–Kier alpha value is -2.38. The van der Waals surface area contributed by atoms with Crippen LogP contribution in [0, 0.1) is 17.1 Å². The summed E-state index contributed by atoms with van der Waals surface area (Å²) in [7, 11) is -3.68. The third-order valence-electron chi connectivity index (χ3n) is 4.90. The lowest BCUT2D eigenvalue weighted by Crippen LogP contribution is -2.39. The minimum Gasteiger partial charge on any atom is -0.492 e. The number of sulfonamides is 1. The first-order chi connectivity index (χ1) is 15.0. The Morgan fingerprint density at radius 2 is 2.00 bits per heavy atom. The molecule has 1 aromatic heterocycles. The topological polar surface area (TPSA) is 70.4 Å². The Balaban J connectivity index is 1.48. The van der Waals surface area contributed by atoms with E-state index in [2.05, 4.69) is 6.07 Å². The number of benzene rings is 2. The molecule has 160 valence electrons. The van der Waals surface area contributed by atoms with Gasteiger partial charge in [0.2, 0.25) is 10.0 Å². The van der Waals surface area contributed by atoms with E-state index in [1.54, 1.807) is 24.3 Å². The van der Waals surface area contributed by atoms with Crippen LogP contribution in [0.3, 0.4) is 0 Å². The minimum absolute atomic E-state index is 0.214. The largest absolute Gasteiger partial charge is 0.492 e. The Morgan fingerprint density at radius 3 is 2.74 bits per heavy atom. The van der Waals surface area contributed by atoms with E-state index >= 15 is 0 Å². The van der Waals surface area contributed by atoms with Gasteiger partial charge in [-0.15, -0.1) is 11.3 Å². The third kappa shape index (κ3) is 5.10. The van der Waals surface area contributed by atoms with Crippen LogP contribution in [0.5, 0.6) is 5.75 Å². The molecule has 5 nitrogen and oxygen atoms in total. The van der Waals surface area contributed by atoms with Gasteiger partial charge in [-0.3, -0.25) is 0 Å². The number of ether oxygens (including phenoxy) is 1. The molecule has 0 radical (unpaired) electrons. The van der Waals surface area contributed by atoms with Crippen LogP contribution >= 0.6 is 23.1 Å². The second-order valence-electron chi connectivity index (χ2n) is 6.98. The molecule has 3 aromatic rings. The summed E-state index contributed by atoms with van der Waals surface area (Å²) in [4.78, 5) is 1.65. The summed E-state index contributed by atoms with van der Waals surface area (Å²) in [5, 5.41) is 8.98. The van der Waals surface area contributed by atoms with Crippen molar-refractivity contribution in [2.45, 2.75) is 32.9 Å². The number of nitriles is 1. The van der Waals surface area contributed by atoms with Gasteiger partial charge in [-0.1, -0.05) is 17.8 Å². The molecule has 4 rings (SSSR count). The van der Waals surface area contributed by atoms with Crippen LogP contribution in [0.2, 0.25) is 0 Å². The van der Waals surface area contributed by atoms with Gasteiger partial charge in [0.15, 0.2) is 0 Å². The normalized spacial score (nSPS) is 16.8. The zero-order chi connectivity index (χ0) is 21.8. The summed E-state index contributed by atoms with van der Waals surface area (Å²) in [6, 6.07) is 18.0. The van der Waals surface area contributed by atoms with Gasteiger partial charge < -0.3 is 4.74 Å². The van der Waals surface area contributed by atoms with Crippen LogP contribution in [-0.4, -0.2) is 31.9 Å². The van der Waals surface area contributed by atoms with Gasteiger partial charge in [-0.25, -0.2) is 12.8 Å². The number of rotatable bonds is 7. The van der Waals surface area contributed by atoms with Gasteiger partial charge in [0, 0.05) is 11.4 Å². The van der Waals surface area contributed by atoms with Crippen molar-refractivity contribution in [3.05, 3.63) is 71.4 Å². The summed E-state index contributed by atoms with van der Waals surface area (Å²) in [6.45, 7) is 0.652. The second kappa shape index (κ2) is 9.40. The molecule has 2 aromatic carbocycles. The smallest absolute Gasteiger partial charge is 0.243 e. The molecule has 1 saturated heterocycles. The second-order valence-corrected chi connectivity index (χ2v) is 11.3. The number of halogens is 1. The van der Waals surface area contributed by atoms with Gasteiger partial charge >= 0.3 is 0 Å². The highest BCUT2D eigenvalue weighted by Crippen LogP contribution is 2.35. The summed E-state index contributed by atoms with van der Waals surface area (Å²) in [5.74, 6) is 0.165. The van der Waals surface area contributed by atoms with E-state index in [9.17, 15) is 12.8 Å². The standard InChI is InChI=1S/C22H19FN2O3S3/c23-16-6-8-18(9-7-16)28-15-17-3-2-12-25(17)31(26,27)21-5-1-4-19(13-21)29-22-11-10-20(14-24)30-22/h1,4-11,13,17H,2-3,12,15H2. The highest BCUT2D eigenvalue weighted by Gasteiger charge is 2.35. The maximum Gasteiger partial charge on any atom is 0.243 e. The van der Waals surface area contributed by atoms with Crippen molar-refractivity contribution < 1.29 is 17.5 Å². The van der Waals surface area contributed by atoms with E-state index in [0.29, 0.717) is 23.6 Å². The Morgan fingerprint density at radius 1 is 1.19 bits per heavy atom. The lowest BCUT2D eigenvalue weighted by Gasteiger charge is -2.24. The number of hydrogen-bond acceptors (Lipinski definition) is 6. The molecule has 2 heterocycles. The fraction of sp³-hybridized carbons (Fsp3) is 0.227. The average Bonchev–Trinajstić information content (AvgIpc) is 3.43. The van der Waals surface area contributed by atoms with Crippen molar-refractivity contribution >= 4 is 33.1 Å². The monoisotopic (exact) mass is 474 g/mol. The molecular formula is C22H19FN2O3S3. The predicted octanol–water partition coefficient (Wildman–Crippen LogP) is 5.14. The molecule has 0 aliphatic carbocycles. The van der Waals surface area contributed by atoms with Crippen molar-refractivity contribution in [2.75, 3.05) is 13.2 Å². The molecule has 1 aliphatic rings. The minimum atomic E-state index is -3.68. The lowest BCUT2D eigenvalue weighted by atomic mass is 10.2. The molecule has 9 heteroatoms. The van der Waals surface area contributed by atoms with E-state index in [4.69, 9.17) is 10.00 Å². The van der Waals surface area contributed by atoms with E-state index in [0.717, 1.165) is 15.5 Å². The van der Waals surface area contributed by atoms with Crippen LogP contribution in [0.4, 0.5) is 4.39 Å². The van der Waals surface area contributed by atoms with Crippen molar-refractivity contribution in [3.63, 3.8) is 0 Å². The van der Waals surface area contributed by atoms with Gasteiger partial charge in [-0.2, -0.15) is 9.57 Å². The van der Waals surface area contributed by atoms with Crippen LogP contribution in [0.15, 0.2) is 74.7 Å². The highest BCUT2D eigenvalue weighted by molar-refractivity contribution is 8.01. The summed E-state index contributed by atoms with van der Waals surface area (Å²) in [5.41, 5.74) is 0. The van der Waals surface area contributed by atoms with Crippen molar-refractivity contribution in [3.8, 4) is 11.8 Å². The van der Waals surface area contributed by atoms with Gasteiger partial charge in [-0.05, 0) is 67.4 Å². The summed E-state index contributed by atoms with van der Waals surface area (Å²) < 4.78 is 47.9. The first kappa shape index (κ1) is 21.8. The average molecular weight is 475 g/mol. The SMILES string of the molecule is N#Cc1ccc(Sc2cccc(S(=O)(=O)N3CCCC3COc3ccc(F)cc3)c2)s1.